The fourth-order valence-corrected chi connectivity index (χ4v) is 3.44. The molecule has 0 aliphatic carbocycles. The molecule has 2 aromatic rings. The van der Waals surface area contributed by atoms with E-state index in [4.69, 9.17) is 27.2 Å². The lowest BCUT2D eigenvalue weighted by molar-refractivity contribution is -0.122. The second-order valence-electron chi connectivity index (χ2n) is 6.36. The Morgan fingerprint density at radius 1 is 1.33 bits per heavy atom. The lowest BCUT2D eigenvalue weighted by atomic mass is 9.86. The normalized spacial score (nSPS) is 15.4. The van der Waals surface area contributed by atoms with Gasteiger partial charge in [-0.2, -0.15) is 0 Å². The molecule has 27 heavy (non-hydrogen) atoms. The van der Waals surface area contributed by atoms with Crippen LogP contribution in [-0.4, -0.2) is 51.5 Å². The number of nitrogens with zero attached hydrogens (tertiary/aromatic N) is 3. The molecule has 144 valence electrons. The molecule has 3 rings (SSSR count). The van der Waals surface area contributed by atoms with Crippen LogP contribution in [0.15, 0.2) is 43.0 Å². The van der Waals surface area contributed by atoms with Crippen molar-refractivity contribution >= 4 is 24.0 Å². The number of carboxylic acid groups (broad SMARTS) is 1. The molecule has 1 saturated heterocycles. The number of benzene rings is 1. The highest BCUT2D eigenvalue weighted by molar-refractivity contribution is 6.30. The molecule has 0 saturated carbocycles. The van der Waals surface area contributed by atoms with Crippen molar-refractivity contribution in [1.29, 1.82) is 0 Å². The summed E-state index contributed by atoms with van der Waals surface area (Å²) in [4.78, 5) is 30.4. The molecule has 3 N–H and O–H groups in total. The Morgan fingerprint density at radius 2 is 1.96 bits per heavy atom. The van der Waals surface area contributed by atoms with E-state index in [1.165, 1.54) is 6.33 Å². The van der Waals surface area contributed by atoms with Gasteiger partial charge in [0.05, 0.1) is 5.56 Å². The first-order valence-corrected chi connectivity index (χ1v) is 9.05. The lowest BCUT2D eigenvalue weighted by Crippen LogP contribution is -2.44. The number of nitrogens with two attached hydrogens (primary N) is 1. The summed E-state index contributed by atoms with van der Waals surface area (Å²) in [5, 5.41) is 7.63. The van der Waals surface area contributed by atoms with Crippen LogP contribution in [0.4, 0.5) is 0 Å². The molecule has 1 atom stereocenters. The average molecular weight is 391 g/mol. The van der Waals surface area contributed by atoms with Gasteiger partial charge in [0.15, 0.2) is 0 Å². The first-order chi connectivity index (χ1) is 13.0. The minimum absolute atomic E-state index is 0.00235. The van der Waals surface area contributed by atoms with E-state index in [1.807, 2.05) is 23.1 Å². The Hall–Kier alpha value is -2.51. The van der Waals surface area contributed by atoms with Crippen molar-refractivity contribution < 1.29 is 14.7 Å². The van der Waals surface area contributed by atoms with Crippen molar-refractivity contribution in [1.82, 2.24) is 14.9 Å². The number of likely N-dealkylation sites (tertiary alicyclic amines) is 1. The first-order valence-electron chi connectivity index (χ1n) is 8.67. The highest BCUT2D eigenvalue weighted by Gasteiger charge is 2.27. The standard InChI is InChI=1S/C18H21ClN4O.CH2O2/c19-16-3-1-2-13(8-16)9-17(20)14-4-6-23(7-5-14)18(24)15-10-21-12-22-11-15;2-1-3/h1-3,8,10-12,14,17H,4-7,9,20H2;1H,(H,2,3). The van der Waals surface area contributed by atoms with Crippen LogP contribution < -0.4 is 5.73 Å². The van der Waals surface area contributed by atoms with E-state index in [1.54, 1.807) is 12.4 Å². The van der Waals surface area contributed by atoms with Crippen LogP contribution in [0.25, 0.3) is 0 Å². The first kappa shape index (κ1) is 20.8. The Morgan fingerprint density at radius 3 is 2.56 bits per heavy atom. The summed E-state index contributed by atoms with van der Waals surface area (Å²) in [6.07, 6.45) is 7.20. The van der Waals surface area contributed by atoms with Crippen LogP contribution in [-0.2, 0) is 11.2 Å². The van der Waals surface area contributed by atoms with E-state index in [-0.39, 0.29) is 18.4 Å². The van der Waals surface area contributed by atoms with Gasteiger partial charge < -0.3 is 15.7 Å². The molecule has 2 heterocycles. The van der Waals surface area contributed by atoms with E-state index in [0.29, 0.717) is 11.5 Å². The number of amides is 1. The van der Waals surface area contributed by atoms with Crippen molar-refractivity contribution in [3.05, 3.63) is 59.1 Å². The van der Waals surface area contributed by atoms with Crippen LogP contribution in [0.1, 0.15) is 28.8 Å². The van der Waals surface area contributed by atoms with Crippen molar-refractivity contribution in [2.75, 3.05) is 13.1 Å². The Balaban J connectivity index is 0.000000817. The zero-order chi connectivity index (χ0) is 19.6. The van der Waals surface area contributed by atoms with Crippen molar-refractivity contribution in [2.24, 2.45) is 11.7 Å². The quantitative estimate of drug-likeness (QED) is 0.775. The van der Waals surface area contributed by atoms with Crippen molar-refractivity contribution in [3.8, 4) is 0 Å². The minimum Gasteiger partial charge on any atom is -0.483 e. The molecule has 8 heteroatoms. The molecule has 1 aliphatic heterocycles. The number of hydrogen-bond acceptors (Lipinski definition) is 5. The summed E-state index contributed by atoms with van der Waals surface area (Å²) in [7, 11) is 0. The van der Waals surface area contributed by atoms with Gasteiger partial charge in [-0.15, -0.1) is 0 Å². The maximum atomic E-state index is 12.4. The largest absolute Gasteiger partial charge is 0.483 e. The lowest BCUT2D eigenvalue weighted by Gasteiger charge is -2.34. The van der Waals surface area contributed by atoms with Gasteiger partial charge in [0.2, 0.25) is 0 Å². The SMILES string of the molecule is NC(Cc1cccc(Cl)c1)C1CCN(C(=O)c2cncnc2)CC1.O=CO. The van der Waals surface area contributed by atoms with Crippen LogP contribution in [0, 0.1) is 5.92 Å². The summed E-state index contributed by atoms with van der Waals surface area (Å²) in [6, 6.07) is 7.93. The smallest absolute Gasteiger partial charge is 0.290 e. The van der Waals surface area contributed by atoms with Crippen LogP contribution in [0.5, 0.6) is 0 Å². The second-order valence-corrected chi connectivity index (χ2v) is 6.80. The Labute approximate surface area is 163 Å². The summed E-state index contributed by atoms with van der Waals surface area (Å²) in [5.74, 6) is 0.414. The maximum Gasteiger partial charge on any atom is 0.290 e. The molecular formula is C19H23ClN4O3. The van der Waals surface area contributed by atoms with Gasteiger partial charge in [-0.05, 0) is 42.9 Å². The van der Waals surface area contributed by atoms with Gasteiger partial charge >= 0.3 is 0 Å². The summed E-state index contributed by atoms with van der Waals surface area (Å²) >= 11 is 6.03. The number of piperidine rings is 1. The molecule has 0 spiro atoms. The van der Waals surface area contributed by atoms with Crippen LogP contribution in [0.3, 0.4) is 0 Å². The fraction of sp³-hybridized carbons (Fsp3) is 0.368. The van der Waals surface area contributed by atoms with Gasteiger partial charge in [0, 0.05) is 36.5 Å². The number of hydrogen-bond donors (Lipinski definition) is 2. The second kappa shape index (κ2) is 10.6. The van der Waals surface area contributed by atoms with Gasteiger partial charge in [-0.3, -0.25) is 9.59 Å². The van der Waals surface area contributed by atoms with E-state index < -0.39 is 0 Å². The summed E-state index contributed by atoms with van der Waals surface area (Å²) in [5.41, 5.74) is 8.10. The summed E-state index contributed by atoms with van der Waals surface area (Å²) in [6.45, 7) is 1.20. The highest BCUT2D eigenvalue weighted by atomic mass is 35.5. The van der Waals surface area contributed by atoms with Gasteiger partial charge in [0.25, 0.3) is 12.4 Å². The van der Waals surface area contributed by atoms with Gasteiger partial charge in [-0.1, -0.05) is 23.7 Å². The number of aromatic nitrogens is 2. The number of carbonyl (C=O) groups is 2. The van der Waals surface area contributed by atoms with Gasteiger partial charge in [-0.25, -0.2) is 9.97 Å². The molecule has 1 aromatic carbocycles. The molecule has 1 aromatic heterocycles. The summed E-state index contributed by atoms with van der Waals surface area (Å²) < 4.78 is 0. The molecule has 1 fully saturated rings. The molecule has 7 nitrogen and oxygen atoms in total. The number of rotatable bonds is 4. The predicted molar refractivity (Wildman–Crippen MR) is 102 cm³/mol. The fourth-order valence-electron chi connectivity index (χ4n) is 3.23. The Kier molecular flexibility index (Phi) is 8.16. The highest BCUT2D eigenvalue weighted by Crippen LogP contribution is 2.23. The molecule has 0 radical (unpaired) electrons. The van der Waals surface area contributed by atoms with E-state index in [0.717, 1.165) is 42.9 Å². The third-order valence-electron chi connectivity index (χ3n) is 4.60. The maximum absolute atomic E-state index is 12.4. The minimum atomic E-state index is -0.250. The van der Waals surface area contributed by atoms with Crippen molar-refractivity contribution in [2.45, 2.75) is 25.3 Å². The molecule has 1 amide bonds. The zero-order valence-electron chi connectivity index (χ0n) is 14.9. The van der Waals surface area contributed by atoms with E-state index >= 15 is 0 Å². The Bertz CT molecular complexity index is 737. The van der Waals surface area contributed by atoms with E-state index in [9.17, 15) is 4.79 Å². The molecular weight excluding hydrogens is 368 g/mol. The van der Waals surface area contributed by atoms with Crippen LogP contribution >= 0.6 is 11.6 Å². The molecule has 1 aliphatic rings. The number of halogens is 1. The molecule has 1 unspecified atom stereocenters. The molecule has 0 bridgehead atoms. The number of carbonyl (C=O) groups excluding carboxylic acids is 1. The monoisotopic (exact) mass is 390 g/mol. The average Bonchev–Trinajstić information content (AvgIpc) is 2.69. The van der Waals surface area contributed by atoms with Gasteiger partial charge in [0.1, 0.15) is 6.33 Å². The predicted octanol–water partition coefficient (Wildman–Crippen LogP) is 2.25. The third-order valence-corrected chi connectivity index (χ3v) is 4.84. The van der Waals surface area contributed by atoms with Crippen LogP contribution in [0.2, 0.25) is 5.02 Å². The zero-order valence-corrected chi connectivity index (χ0v) is 15.6. The topological polar surface area (TPSA) is 109 Å². The third kappa shape index (κ3) is 6.30. The van der Waals surface area contributed by atoms with Crippen molar-refractivity contribution in [3.63, 3.8) is 0 Å². The van der Waals surface area contributed by atoms with E-state index in [2.05, 4.69) is 16.0 Å².